The Morgan fingerprint density at radius 2 is 1.84 bits per heavy atom. The third-order valence-corrected chi connectivity index (χ3v) is 4.03. The lowest BCUT2D eigenvalue weighted by Crippen LogP contribution is -2.41. The Kier molecular flexibility index (Phi) is 3.58. The maximum absolute atomic E-state index is 6.11. The lowest BCUT2D eigenvalue weighted by molar-refractivity contribution is 0.00578. The maximum Gasteiger partial charge on any atom is 0.495 e. The average Bonchev–Trinajstić information content (AvgIpc) is 2.51. The minimum Gasteiger partial charge on any atom is -0.399 e. The summed E-state index contributed by atoms with van der Waals surface area (Å²) in [5.41, 5.74) is 2.50. The highest BCUT2D eigenvalue weighted by Crippen LogP contribution is 2.36. The van der Waals surface area contributed by atoms with Crippen LogP contribution in [0.25, 0.3) is 0 Å². The van der Waals surface area contributed by atoms with Gasteiger partial charge in [-0.05, 0) is 58.1 Å². The van der Waals surface area contributed by atoms with E-state index in [2.05, 4.69) is 39.3 Å². The van der Waals surface area contributed by atoms with Gasteiger partial charge in [-0.15, -0.1) is 6.58 Å². The Balaban J connectivity index is 2.38. The molecule has 0 bridgehead atoms. The molecule has 102 valence electrons. The fourth-order valence-electron chi connectivity index (χ4n) is 2.12. The van der Waals surface area contributed by atoms with Gasteiger partial charge in [0.2, 0.25) is 0 Å². The molecule has 2 heterocycles. The van der Waals surface area contributed by atoms with Crippen LogP contribution in [0.3, 0.4) is 0 Å². The molecular formula is C15H22BNO2. The second kappa shape index (κ2) is 4.76. The zero-order valence-electron chi connectivity index (χ0n) is 12.5. The van der Waals surface area contributed by atoms with Gasteiger partial charge in [0.1, 0.15) is 0 Å². The molecule has 0 atom stereocenters. The van der Waals surface area contributed by atoms with Gasteiger partial charge < -0.3 is 9.31 Å². The first kappa shape index (κ1) is 14.3. The highest BCUT2D eigenvalue weighted by molar-refractivity contribution is 6.62. The molecule has 1 fully saturated rings. The monoisotopic (exact) mass is 259 g/mol. The van der Waals surface area contributed by atoms with Gasteiger partial charge in [0.05, 0.1) is 11.2 Å². The Morgan fingerprint density at radius 3 is 2.37 bits per heavy atom. The van der Waals surface area contributed by atoms with Crippen molar-refractivity contribution < 1.29 is 9.31 Å². The van der Waals surface area contributed by atoms with E-state index in [1.165, 1.54) is 0 Å². The summed E-state index contributed by atoms with van der Waals surface area (Å²) in [7, 11) is -0.332. The van der Waals surface area contributed by atoms with Gasteiger partial charge in [-0.1, -0.05) is 6.08 Å². The summed E-state index contributed by atoms with van der Waals surface area (Å²) in [5.74, 6) is 0. The second-order valence-electron chi connectivity index (χ2n) is 6.11. The van der Waals surface area contributed by atoms with Crippen LogP contribution in [0.1, 0.15) is 39.0 Å². The van der Waals surface area contributed by atoms with Crippen molar-refractivity contribution in [2.45, 2.75) is 52.2 Å². The maximum atomic E-state index is 6.11. The molecule has 1 saturated heterocycles. The number of hydrogen-bond donors (Lipinski definition) is 0. The van der Waals surface area contributed by atoms with E-state index in [4.69, 9.17) is 9.31 Å². The van der Waals surface area contributed by atoms with Crippen molar-refractivity contribution in [3.05, 3.63) is 36.2 Å². The van der Waals surface area contributed by atoms with Gasteiger partial charge in [-0.25, -0.2) is 0 Å². The molecule has 4 heteroatoms. The predicted octanol–water partition coefficient (Wildman–Crippen LogP) is 2.42. The topological polar surface area (TPSA) is 31.4 Å². The van der Waals surface area contributed by atoms with Gasteiger partial charge in [-0.3, -0.25) is 4.98 Å². The number of rotatable bonds is 3. The Bertz CT molecular complexity index is 481. The van der Waals surface area contributed by atoms with Crippen molar-refractivity contribution in [3.8, 4) is 0 Å². The fourth-order valence-corrected chi connectivity index (χ4v) is 2.12. The molecule has 0 aromatic carbocycles. The van der Waals surface area contributed by atoms with Crippen molar-refractivity contribution in [1.29, 1.82) is 0 Å². The summed E-state index contributed by atoms with van der Waals surface area (Å²) in [6.45, 7) is 14.0. The van der Waals surface area contributed by atoms with Crippen LogP contribution in [-0.4, -0.2) is 23.3 Å². The van der Waals surface area contributed by atoms with Gasteiger partial charge in [0.15, 0.2) is 0 Å². The zero-order chi connectivity index (χ0) is 14.3. The normalized spacial score (nSPS) is 20.6. The quantitative estimate of drug-likeness (QED) is 0.617. The molecule has 3 nitrogen and oxygen atoms in total. The highest BCUT2D eigenvalue weighted by Gasteiger charge is 2.52. The Labute approximate surface area is 116 Å². The van der Waals surface area contributed by atoms with E-state index in [-0.39, 0.29) is 18.3 Å². The van der Waals surface area contributed by atoms with Crippen LogP contribution in [0, 0.1) is 6.92 Å². The molecule has 0 aliphatic carbocycles. The lowest BCUT2D eigenvalue weighted by Gasteiger charge is -2.32. The number of nitrogens with zero attached hydrogens (tertiary/aromatic N) is 1. The molecule has 0 unspecified atom stereocenters. The largest absolute Gasteiger partial charge is 0.495 e. The average molecular weight is 259 g/mol. The summed E-state index contributed by atoms with van der Waals surface area (Å²) >= 11 is 0. The minimum atomic E-state index is -0.332. The number of pyridine rings is 1. The number of allylic oxidation sites excluding steroid dienone is 1. The van der Waals surface area contributed by atoms with Crippen LogP contribution in [0.5, 0.6) is 0 Å². The molecule has 2 rings (SSSR count). The van der Waals surface area contributed by atoms with E-state index in [9.17, 15) is 0 Å². The molecule has 1 aromatic rings. The molecule has 0 radical (unpaired) electrons. The van der Waals surface area contributed by atoms with E-state index in [0.29, 0.717) is 0 Å². The van der Waals surface area contributed by atoms with E-state index < -0.39 is 0 Å². The molecular weight excluding hydrogens is 237 g/mol. The summed E-state index contributed by atoms with van der Waals surface area (Å²) in [6, 6.07) is 2.04. The van der Waals surface area contributed by atoms with Crippen LogP contribution >= 0.6 is 0 Å². The molecule has 1 aromatic heterocycles. The first-order chi connectivity index (χ1) is 8.77. The summed E-state index contributed by atoms with van der Waals surface area (Å²) < 4.78 is 12.2. The van der Waals surface area contributed by atoms with Crippen LogP contribution in [0.2, 0.25) is 0 Å². The minimum absolute atomic E-state index is 0.319. The van der Waals surface area contributed by atoms with Crippen molar-refractivity contribution >= 4 is 12.6 Å². The van der Waals surface area contributed by atoms with Crippen molar-refractivity contribution in [2.24, 2.45) is 0 Å². The fraction of sp³-hybridized carbons (Fsp3) is 0.533. The molecule has 1 aliphatic heterocycles. The number of hydrogen-bond acceptors (Lipinski definition) is 3. The van der Waals surface area contributed by atoms with Gasteiger partial charge in [-0.2, -0.15) is 0 Å². The third-order valence-electron chi connectivity index (χ3n) is 4.03. The molecule has 0 N–H and O–H groups in total. The van der Waals surface area contributed by atoms with Gasteiger partial charge in [0.25, 0.3) is 0 Å². The standard InChI is InChI=1S/C15H22BNO2/c1-7-8-12-10-17-11(2)9-13(12)16-18-14(3,4)15(5,6)19-16/h7,9-10H,1,8H2,2-6H3. The predicted molar refractivity (Wildman–Crippen MR) is 78.6 cm³/mol. The molecule has 19 heavy (non-hydrogen) atoms. The molecule has 0 amide bonds. The zero-order valence-corrected chi connectivity index (χ0v) is 12.5. The van der Waals surface area contributed by atoms with Crippen molar-refractivity contribution in [2.75, 3.05) is 0 Å². The smallest absolute Gasteiger partial charge is 0.399 e. The van der Waals surface area contributed by atoms with E-state index >= 15 is 0 Å². The van der Waals surface area contributed by atoms with E-state index in [0.717, 1.165) is 23.1 Å². The van der Waals surface area contributed by atoms with Crippen LogP contribution in [0.4, 0.5) is 0 Å². The van der Waals surface area contributed by atoms with Crippen molar-refractivity contribution in [3.63, 3.8) is 0 Å². The van der Waals surface area contributed by atoms with E-state index in [1.54, 1.807) is 0 Å². The third kappa shape index (κ3) is 2.60. The van der Waals surface area contributed by atoms with Crippen LogP contribution in [0.15, 0.2) is 24.9 Å². The molecule has 1 aliphatic rings. The van der Waals surface area contributed by atoms with Crippen molar-refractivity contribution in [1.82, 2.24) is 4.98 Å². The van der Waals surface area contributed by atoms with Crippen LogP contribution in [-0.2, 0) is 15.7 Å². The van der Waals surface area contributed by atoms with Crippen LogP contribution < -0.4 is 5.46 Å². The van der Waals surface area contributed by atoms with E-state index in [1.807, 2.05) is 25.3 Å². The molecule has 0 spiro atoms. The SMILES string of the molecule is C=CCc1cnc(C)cc1B1OC(C)(C)C(C)(C)O1. The first-order valence-corrected chi connectivity index (χ1v) is 6.69. The molecule has 0 saturated carbocycles. The Morgan fingerprint density at radius 1 is 1.26 bits per heavy atom. The van der Waals surface area contributed by atoms with Gasteiger partial charge in [0, 0.05) is 11.9 Å². The Hall–Kier alpha value is -1.13. The second-order valence-corrected chi connectivity index (χ2v) is 6.11. The number of aryl methyl sites for hydroxylation is 1. The van der Waals surface area contributed by atoms with Gasteiger partial charge >= 0.3 is 7.12 Å². The summed E-state index contributed by atoms with van der Waals surface area (Å²) in [5, 5.41) is 0. The summed E-state index contributed by atoms with van der Waals surface area (Å²) in [4.78, 5) is 4.34. The number of aromatic nitrogens is 1. The first-order valence-electron chi connectivity index (χ1n) is 6.69. The highest BCUT2D eigenvalue weighted by atomic mass is 16.7. The lowest BCUT2D eigenvalue weighted by atomic mass is 9.75. The summed E-state index contributed by atoms with van der Waals surface area (Å²) in [6.07, 6.45) is 4.53.